The van der Waals surface area contributed by atoms with Gasteiger partial charge < -0.3 is 5.21 Å². The zero-order valence-corrected chi connectivity index (χ0v) is 8.95. The Hall–Kier alpha value is -1.06. The molecular formula is C10H18N2O2. The molecule has 0 fully saturated rings. The van der Waals surface area contributed by atoms with Gasteiger partial charge in [0.2, 0.25) is 5.69 Å². The summed E-state index contributed by atoms with van der Waals surface area (Å²) in [6.45, 7) is 4.00. The van der Waals surface area contributed by atoms with Crippen molar-refractivity contribution < 1.29 is 9.53 Å². The van der Waals surface area contributed by atoms with Crippen molar-refractivity contribution in [1.29, 1.82) is 0 Å². The number of aromatic nitrogens is 2. The second kappa shape index (κ2) is 5.62. The minimum atomic E-state index is 0.523. The van der Waals surface area contributed by atoms with Crippen molar-refractivity contribution in [2.45, 2.75) is 52.4 Å². The molecule has 0 aliphatic carbocycles. The number of aryl methyl sites for hydroxylation is 1. The second-order valence-electron chi connectivity index (χ2n) is 3.63. The number of rotatable bonds is 6. The van der Waals surface area contributed by atoms with Crippen LogP contribution in [0.4, 0.5) is 0 Å². The normalized spacial score (nSPS) is 10.7. The number of unbranched alkanes of at least 4 members (excludes halogenated alkanes) is 4. The van der Waals surface area contributed by atoms with Gasteiger partial charge in [-0.25, -0.2) is 0 Å². The Bertz CT molecular complexity index is 252. The van der Waals surface area contributed by atoms with Crippen molar-refractivity contribution in [3.63, 3.8) is 0 Å². The van der Waals surface area contributed by atoms with Gasteiger partial charge in [0.15, 0.2) is 5.69 Å². The van der Waals surface area contributed by atoms with Crippen LogP contribution >= 0.6 is 0 Å². The summed E-state index contributed by atoms with van der Waals surface area (Å²) in [4.78, 5) is 0.523. The molecule has 0 atom stereocenters. The average molecular weight is 198 g/mol. The minimum absolute atomic E-state index is 0.523. The highest BCUT2D eigenvalue weighted by atomic mass is 16.8. The summed E-state index contributed by atoms with van der Waals surface area (Å²) in [5, 5.41) is 14.7. The molecule has 1 rings (SSSR count). The standard InChI is InChI=1S/C10H18N2O2/c1-3-4-5-6-7-8-10-9(2)11-14-12(10)13/h3-8H2,1-2H3. The fraction of sp³-hybridized carbons (Fsp3) is 0.800. The molecule has 0 saturated carbocycles. The number of nitrogens with zero attached hydrogens (tertiary/aromatic N) is 2. The summed E-state index contributed by atoms with van der Waals surface area (Å²) in [7, 11) is 0. The Morgan fingerprint density at radius 3 is 2.57 bits per heavy atom. The lowest BCUT2D eigenvalue weighted by molar-refractivity contribution is -0.808. The molecular weight excluding hydrogens is 180 g/mol. The lowest BCUT2D eigenvalue weighted by Gasteiger charge is -1.98. The average Bonchev–Trinajstić information content (AvgIpc) is 2.48. The highest BCUT2D eigenvalue weighted by Crippen LogP contribution is 2.08. The van der Waals surface area contributed by atoms with Gasteiger partial charge in [-0.15, -0.1) is 0 Å². The highest BCUT2D eigenvalue weighted by Gasteiger charge is 2.12. The van der Waals surface area contributed by atoms with Gasteiger partial charge in [0.1, 0.15) is 0 Å². The van der Waals surface area contributed by atoms with Crippen molar-refractivity contribution in [2.75, 3.05) is 0 Å². The molecule has 0 spiro atoms. The SMILES string of the molecule is CCCCCCCc1c(C)no[n+]1[O-]. The Morgan fingerprint density at radius 1 is 1.29 bits per heavy atom. The largest absolute Gasteiger partial charge is 0.359 e. The number of hydrogen-bond acceptors (Lipinski definition) is 3. The van der Waals surface area contributed by atoms with Crippen molar-refractivity contribution in [2.24, 2.45) is 0 Å². The molecule has 1 heterocycles. The maximum atomic E-state index is 11.0. The minimum Gasteiger partial charge on any atom is -0.359 e. The van der Waals surface area contributed by atoms with Gasteiger partial charge in [0.25, 0.3) is 0 Å². The quantitative estimate of drug-likeness (QED) is 0.519. The third kappa shape index (κ3) is 3.01. The van der Waals surface area contributed by atoms with Gasteiger partial charge in [-0.3, -0.25) is 4.63 Å². The van der Waals surface area contributed by atoms with E-state index in [9.17, 15) is 5.21 Å². The smallest absolute Gasteiger partial charge is 0.218 e. The van der Waals surface area contributed by atoms with Crippen LogP contribution in [0.2, 0.25) is 0 Å². The first-order chi connectivity index (χ1) is 6.75. The van der Waals surface area contributed by atoms with E-state index >= 15 is 0 Å². The van der Waals surface area contributed by atoms with E-state index in [1.807, 2.05) is 0 Å². The van der Waals surface area contributed by atoms with Crippen molar-refractivity contribution in [3.05, 3.63) is 16.6 Å². The maximum absolute atomic E-state index is 11.0. The molecule has 0 radical (unpaired) electrons. The monoisotopic (exact) mass is 198 g/mol. The van der Waals surface area contributed by atoms with Crippen LogP contribution in [-0.4, -0.2) is 5.16 Å². The first-order valence-corrected chi connectivity index (χ1v) is 5.31. The maximum Gasteiger partial charge on any atom is 0.218 e. The Balaban J connectivity index is 2.24. The molecule has 0 bridgehead atoms. The van der Waals surface area contributed by atoms with Crippen LogP contribution in [0, 0.1) is 12.1 Å². The van der Waals surface area contributed by atoms with E-state index < -0.39 is 0 Å². The summed E-state index contributed by atoms with van der Waals surface area (Å²) in [5.74, 6) is 0. The third-order valence-corrected chi connectivity index (χ3v) is 2.41. The molecule has 0 N–H and O–H groups in total. The van der Waals surface area contributed by atoms with Crippen molar-refractivity contribution in [3.8, 4) is 0 Å². The van der Waals surface area contributed by atoms with Crippen LogP contribution in [0.3, 0.4) is 0 Å². The topological polar surface area (TPSA) is 53.0 Å². The molecule has 0 unspecified atom stereocenters. The first kappa shape index (κ1) is 11.0. The predicted molar refractivity (Wildman–Crippen MR) is 52.7 cm³/mol. The highest BCUT2D eigenvalue weighted by molar-refractivity contribution is 4.99. The van der Waals surface area contributed by atoms with Gasteiger partial charge in [-0.1, -0.05) is 32.6 Å². The van der Waals surface area contributed by atoms with Crippen LogP contribution in [-0.2, 0) is 6.42 Å². The van der Waals surface area contributed by atoms with E-state index in [0.29, 0.717) is 10.6 Å². The second-order valence-corrected chi connectivity index (χ2v) is 3.63. The Labute approximate surface area is 84.4 Å². The fourth-order valence-corrected chi connectivity index (χ4v) is 1.50. The molecule has 0 saturated heterocycles. The Kier molecular flexibility index (Phi) is 4.43. The molecule has 0 aromatic carbocycles. The molecule has 1 aromatic rings. The summed E-state index contributed by atoms with van der Waals surface area (Å²) < 4.78 is 4.48. The first-order valence-electron chi connectivity index (χ1n) is 5.31. The lowest BCUT2D eigenvalue weighted by Crippen LogP contribution is -2.28. The summed E-state index contributed by atoms with van der Waals surface area (Å²) >= 11 is 0. The van der Waals surface area contributed by atoms with Crippen molar-refractivity contribution in [1.82, 2.24) is 5.16 Å². The number of hydrogen-bond donors (Lipinski definition) is 0. The van der Waals surface area contributed by atoms with E-state index in [2.05, 4.69) is 16.7 Å². The Morgan fingerprint density at radius 2 is 2.00 bits per heavy atom. The molecule has 14 heavy (non-hydrogen) atoms. The van der Waals surface area contributed by atoms with E-state index in [4.69, 9.17) is 0 Å². The van der Waals surface area contributed by atoms with Gasteiger partial charge in [-0.2, -0.15) is 0 Å². The van der Waals surface area contributed by atoms with Gasteiger partial charge >= 0.3 is 0 Å². The zero-order valence-electron chi connectivity index (χ0n) is 8.95. The molecule has 0 aliphatic heterocycles. The summed E-state index contributed by atoms with van der Waals surface area (Å²) in [5.41, 5.74) is 1.40. The van der Waals surface area contributed by atoms with E-state index in [1.165, 1.54) is 25.7 Å². The van der Waals surface area contributed by atoms with Crippen LogP contribution in [0.1, 0.15) is 50.4 Å². The third-order valence-electron chi connectivity index (χ3n) is 2.41. The van der Waals surface area contributed by atoms with Gasteiger partial charge in [-0.05, 0) is 11.3 Å². The van der Waals surface area contributed by atoms with E-state index in [1.54, 1.807) is 6.92 Å². The molecule has 1 aromatic heterocycles. The van der Waals surface area contributed by atoms with Crippen molar-refractivity contribution >= 4 is 0 Å². The molecule has 4 heteroatoms. The van der Waals surface area contributed by atoms with Gasteiger partial charge in [0, 0.05) is 18.5 Å². The van der Waals surface area contributed by atoms with E-state index in [0.717, 1.165) is 18.5 Å². The van der Waals surface area contributed by atoms with E-state index in [-0.39, 0.29) is 0 Å². The van der Waals surface area contributed by atoms with Crippen LogP contribution in [0.5, 0.6) is 0 Å². The van der Waals surface area contributed by atoms with Gasteiger partial charge in [0.05, 0.1) is 0 Å². The van der Waals surface area contributed by atoms with Crippen LogP contribution in [0.15, 0.2) is 4.63 Å². The summed E-state index contributed by atoms with van der Waals surface area (Å²) in [6, 6.07) is 0. The lowest BCUT2D eigenvalue weighted by atomic mass is 10.1. The summed E-state index contributed by atoms with van der Waals surface area (Å²) in [6.07, 6.45) is 6.78. The molecule has 80 valence electrons. The molecule has 4 nitrogen and oxygen atoms in total. The van der Waals surface area contributed by atoms with Crippen LogP contribution in [0.25, 0.3) is 0 Å². The van der Waals surface area contributed by atoms with Crippen LogP contribution < -0.4 is 4.90 Å². The zero-order chi connectivity index (χ0) is 10.4. The molecule has 0 amide bonds. The predicted octanol–water partition coefficient (Wildman–Crippen LogP) is 2.13. The molecule has 0 aliphatic rings. The fourth-order valence-electron chi connectivity index (χ4n) is 1.50.